The second kappa shape index (κ2) is 6.85. The maximum absolute atomic E-state index is 12.7. The molecule has 2 aromatic carbocycles. The number of benzene rings is 2. The Morgan fingerprint density at radius 1 is 1.15 bits per heavy atom. The average Bonchev–Trinajstić information content (AvgIpc) is 3.01. The molecule has 0 fully saturated rings. The first kappa shape index (κ1) is 18.0. The highest BCUT2D eigenvalue weighted by atomic mass is 35.5. The van der Waals surface area contributed by atoms with Crippen LogP contribution in [0.2, 0.25) is 5.02 Å². The summed E-state index contributed by atoms with van der Waals surface area (Å²) in [5.41, 5.74) is -0.185. The Hall–Kier alpha value is -2.78. The summed E-state index contributed by atoms with van der Waals surface area (Å²) in [5, 5.41) is 8.85. The van der Waals surface area contributed by atoms with E-state index < -0.39 is 28.2 Å². The molecule has 10 heteroatoms. The summed E-state index contributed by atoms with van der Waals surface area (Å²) in [6.45, 7) is -0.00557. The van der Waals surface area contributed by atoms with Gasteiger partial charge in [0.25, 0.3) is 10.0 Å². The maximum Gasteiger partial charge on any atom is 0.311 e. The lowest BCUT2D eigenvalue weighted by Gasteiger charge is -2.13. The van der Waals surface area contributed by atoms with Crippen molar-refractivity contribution in [1.82, 2.24) is 0 Å². The van der Waals surface area contributed by atoms with Crippen molar-refractivity contribution in [3.8, 4) is 11.5 Å². The Morgan fingerprint density at radius 3 is 2.50 bits per heavy atom. The molecule has 0 saturated carbocycles. The number of aliphatic carboxylic acids is 1. The molecule has 136 valence electrons. The van der Waals surface area contributed by atoms with Crippen LogP contribution in [0.1, 0.15) is 16.8 Å². The summed E-state index contributed by atoms with van der Waals surface area (Å²) >= 11 is 6.07. The average molecular weight is 398 g/mol. The van der Waals surface area contributed by atoms with Crippen LogP contribution in [0.3, 0.4) is 0 Å². The number of halogens is 1. The minimum atomic E-state index is -4.21. The number of Topliss-reactive ketones (excluding diaryl/α,β-unsaturated/α-hetero) is 1. The van der Waals surface area contributed by atoms with E-state index >= 15 is 0 Å². The number of carbonyl (C=O) groups excluding carboxylic acids is 1. The van der Waals surface area contributed by atoms with Crippen LogP contribution in [0, 0.1) is 0 Å². The third-order valence-electron chi connectivity index (χ3n) is 3.50. The van der Waals surface area contributed by atoms with Crippen LogP contribution in [0.15, 0.2) is 41.3 Å². The number of sulfonamides is 1. The molecule has 0 aromatic heterocycles. The lowest BCUT2D eigenvalue weighted by molar-refractivity contribution is -0.135. The number of hydrogen-bond acceptors (Lipinski definition) is 6. The number of anilines is 1. The van der Waals surface area contributed by atoms with Crippen molar-refractivity contribution in [1.29, 1.82) is 0 Å². The highest BCUT2D eigenvalue weighted by Crippen LogP contribution is 2.40. The molecule has 2 N–H and O–H groups in total. The van der Waals surface area contributed by atoms with Crippen LogP contribution < -0.4 is 14.2 Å². The van der Waals surface area contributed by atoms with Gasteiger partial charge in [-0.05, 0) is 6.07 Å². The van der Waals surface area contributed by atoms with Crippen molar-refractivity contribution < 1.29 is 32.6 Å². The molecular weight excluding hydrogens is 386 g/mol. The Labute approximate surface area is 153 Å². The van der Waals surface area contributed by atoms with Crippen LogP contribution >= 0.6 is 11.6 Å². The Bertz CT molecular complexity index is 1000. The van der Waals surface area contributed by atoms with Gasteiger partial charge in [-0.1, -0.05) is 29.8 Å². The van der Waals surface area contributed by atoms with Gasteiger partial charge in [0.1, 0.15) is 6.42 Å². The van der Waals surface area contributed by atoms with Crippen molar-refractivity contribution >= 4 is 39.1 Å². The molecule has 0 spiro atoms. The number of carboxylic acid groups (broad SMARTS) is 1. The monoisotopic (exact) mass is 397 g/mol. The Kier molecular flexibility index (Phi) is 4.75. The van der Waals surface area contributed by atoms with Gasteiger partial charge in [0, 0.05) is 17.7 Å². The molecule has 0 saturated heterocycles. The smallest absolute Gasteiger partial charge is 0.311 e. The van der Waals surface area contributed by atoms with Crippen LogP contribution in [-0.2, 0) is 14.8 Å². The lowest BCUT2D eigenvalue weighted by Crippen LogP contribution is -2.18. The van der Waals surface area contributed by atoms with Gasteiger partial charge in [-0.3, -0.25) is 14.3 Å². The summed E-state index contributed by atoms with van der Waals surface area (Å²) in [6.07, 6.45) is -0.822. The fourth-order valence-electron chi connectivity index (χ4n) is 2.36. The fraction of sp³-hybridized carbons (Fsp3) is 0.125. The molecule has 1 heterocycles. The number of carboxylic acids is 1. The van der Waals surface area contributed by atoms with Crippen molar-refractivity contribution in [2.75, 3.05) is 11.5 Å². The third-order valence-corrected chi connectivity index (χ3v) is 5.23. The van der Waals surface area contributed by atoms with E-state index in [9.17, 15) is 18.0 Å². The minimum absolute atomic E-state index is 0.00557. The van der Waals surface area contributed by atoms with Gasteiger partial charge in [0.15, 0.2) is 17.3 Å². The number of carbonyl (C=O) groups is 2. The number of ketones is 1. The third kappa shape index (κ3) is 3.58. The number of nitrogens with one attached hydrogen (secondary N) is 1. The predicted octanol–water partition coefficient (Wildman–Crippen LogP) is 2.53. The molecule has 0 atom stereocenters. The van der Waals surface area contributed by atoms with Crippen molar-refractivity contribution in [3.05, 3.63) is 47.0 Å². The summed E-state index contributed by atoms with van der Waals surface area (Å²) < 4.78 is 38.1. The number of ether oxygens (including phenoxy) is 2. The minimum Gasteiger partial charge on any atom is -0.481 e. The molecule has 0 bridgehead atoms. The first-order valence-corrected chi connectivity index (χ1v) is 9.10. The zero-order valence-electron chi connectivity index (χ0n) is 13.1. The van der Waals surface area contributed by atoms with Crippen molar-refractivity contribution in [2.45, 2.75) is 11.3 Å². The van der Waals surface area contributed by atoms with Crippen molar-refractivity contribution in [3.63, 3.8) is 0 Å². The Balaban J connectivity index is 1.97. The molecule has 3 rings (SSSR count). The summed E-state index contributed by atoms with van der Waals surface area (Å²) in [4.78, 5) is 22.5. The van der Waals surface area contributed by atoms with Crippen molar-refractivity contribution in [2.24, 2.45) is 0 Å². The standard InChI is InChI=1S/C16H12ClNO7S/c17-10-5-13-14(25-8-24-13)6-11(10)18-26(22,23)15-4-2-1-3-9(15)12(19)7-16(20)21/h1-6,18H,7-8H2,(H,20,21). The first-order valence-electron chi connectivity index (χ1n) is 7.24. The van der Waals surface area contributed by atoms with E-state index in [0.29, 0.717) is 11.5 Å². The second-order valence-corrected chi connectivity index (χ2v) is 7.34. The van der Waals surface area contributed by atoms with E-state index in [0.717, 1.165) is 0 Å². The maximum atomic E-state index is 12.7. The zero-order valence-corrected chi connectivity index (χ0v) is 14.6. The molecule has 0 unspecified atom stereocenters. The SMILES string of the molecule is O=C(O)CC(=O)c1ccccc1S(=O)(=O)Nc1cc2c(cc1Cl)OCO2. The van der Waals surface area contributed by atoms with Gasteiger partial charge in [0.2, 0.25) is 6.79 Å². The highest BCUT2D eigenvalue weighted by molar-refractivity contribution is 7.92. The molecule has 26 heavy (non-hydrogen) atoms. The summed E-state index contributed by atoms with van der Waals surface area (Å²) in [5.74, 6) is -1.47. The van der Waals surface area contributed by atoms with E-state index in [4.69, 9.17) is 26.2 Å². The van der Waals surface area contributed by atoms with E-state index in [1.165, 1.54) is 36.4 Å². The van der Waals surface area contributed by atoms with Gasteiger partial charge in [-0.25, -0.2) is 8.42 Å². The number of fused-ring (bicyclic) bond motifs is 1. The molecule has 1 aliphatic rings. The number of rotatable bonds is 6. The molecular formula is C16H12ClNO7S. The second-order valence-electron chi connectivity index (χ2n) is 5.28. The van der Waals surface area contributed by atoms with Crippen LogP contribution in [-0.4, -0.2) is 32.1 Å². The fourth-order valence-corrected chi connectivity index (χ4v) is 3.91. The Morgan fingerprint density at radius 2 is 1.81 bits per heavy atom. The van der Waals surface area contributed by atoms with E-state index in [1.807, 2.05) is 0 Å². The van der Waals surface area contributed by atoms with Gasteiger partial charge >= 0.3 is 5.97 Å². The van der Waals surface area contributed by atoms with Gasteiger partial charge in [0.05, 0.1) is 15.6 Å². The van der Waals surface area contributed by atoms with Gasteiger partial charge in [-0.2, -0.15) is 0 Å². The van der Waals surface area contributed by atoms with Crippen LogP contribution in [0.25, 0.3) is 0 Å². The lowest BCUT2D eigenvalue weighted by atomic mass is 10.1. The van der Waals surface area contributed by atoms with E-state index in [1.54, 1.807) is 0 Å². The molecule has 0 aliphatic carbocycles. The molecule has 8 nitrogen and oxygen atoms in total. The molecule has 0 radical (unpaired) electrons. The quantitative estimate of drug-likeness (QED) is 0.567. The van der Waals surface area contributed by atoms with E-state index in [-0.39, 0.29) is 28.0 Å². The molecule has 2 aromatic rings. The van der Waals surface area contributed by atoms with Gasteiger partial charge < -0.3 is 14.6 Å². The van der Waals surface area contributed by atoms with E-state index in [2.05, 4.69) is 4.72 Å². The zero-order chi connectivity index (χ0) is 18.9. The van der Waals surface area contributed by atoms with Crippen LogP contribution in [0.5, 0.6) is 11.5 Å². The number of hydrogen-bond donors (Lipinski definition) is 2. The largest absolute Gasteiger partial charge is 0.481 e. The normalized spacial score (nSPS) is 12.7. The predicted molar refractivity (Wildman–Crippen MR) is 91.4 cm³/mol. The topological polar surface area (TPSA) is 119 Å². The molecule has 1 aliphatic heterocycles. The molecule has 0 amide bonds. The highest BCUT2D eigenvalue weighted by Gasteiger charge is 2.25. The first-order chi connectivity index (χ1) is 12.3. The summed E-state index contributed by atoms with van der Waals surface area (Å²) in [7, 11) is -4.21. The summed E-state index contributed by atoms with van der Waals surface area (Å²) in [6, 6.07) is 8.10. The van der Waals surface area contributed by atoms with Gasteiger partial charge in [-0.15, -0.1) is 0 Å². The van der Waals surface area contributed by atoms with Crippen LogP contribution in [0.4, 0.5) is 5.69 Å².